The molecule has 0 aromatic heterocycles. The molecule has 33 heavy (non-hydrogen) atoms. The quantitative estimate of drug-likeness (QED) is 0.218. The zero-order valence-electron chi connectivity index (χ0n) is 18.9. The van der Waals surface area contributed by atoms with Crippen molar-refractivity contribution in [1.82, 2.24) is 4.58 Å². The number of allylic oxidation sites excluding steroid dienone is 8. The van der Waals surface area contributed by atoms with Crippen molar-refractivity contribution in [1.29, 1.82) is 0 Å². The van der Waals surface area contributed by atoms with Gasteiger partial charge in [0.25, 0.3) is 0 Å². The summed E-state index contributed by atoms with van der Waals surface area (Å²) < 4.78 is 4.50. The monoisotopic (exact) mass is 428 g/mol. The number of nitrogens with zero attached hydrogens (tertiary/aromatic N) is 2. The van der Waals surface area contributed by atoms with E-state index < -0.39 is 0 Å². The highest BCUT2D eigenvalue weighted by Crippen LogP contribution is 2.23. The number of benzene rings is 3. The molecule has 0 spiro atoms. The van der Waals surface area contributed by atoms with Crippen molar-refractivity contribution in [3.05, 3.63) is 152 Å². The summed E-state index contributed by atoms with van der Waals surface area (Å²) in [7, 11) is 0. The van der Waals surface area contributed by atoms with E-state index in [1.807, 2.05) is 43.4 Å². The van der Waals surface area contributed by atoms with Crippen molar-refractivity contribution in [2.75, 3.05) is 0 Å². The van der Waals surface area contributed by atoms with Crippen LogP contribution in [0, 0.1) is 0 Å². The fourth-order valence-electron chi connectivity index (χ4n) is 3.87. The molecule has 3 aromatic rings. The SMILES string of the molecule is C=C/C=C(\C=C/C)[N+](=C1C=CC(=[N+](c2ccccc2)c2ccccc2)C=C1)c1ccccc1. The third-order valence-electron chi connectivity index (χ3n) is 5.29. The van der Waals surface area contributed by atoms with Gasteiger partial charge in [0.1, 0.15) is 0 Å². The molecule has 2 heteroatoms. The van der Waals surface area contributed by atoms with Crippen molar-refractivity contribution < 1.29 is 4.58 Å². The molecule has 0 fully saturated rings. The number of rotatable bonds is 6. The van der Waals surface area contributed by atoms with Gasteiger partial charge in [-0.2, -0.15) is 9.15 Å². The van der Waals surface area contributed by atoms with Crippen molar-refractivity contribution in [2.45, 2.75) is 6.92 Å². The van der Waals surface area contributed by atoms with E-state index in [4.69, 9.17) is 0 Å². The summed E-state index contributed by atoms with van der Waals surface area (Å²) in [4.78, 5) is 0. The van der Waals surface area contributed by atoms with Crippen LogP contribution >= 0.6 is 0 Å². The molecular weight excluding hydrogens is 400 g/mol. The van der Waals surface area contributed by atoms with Gasteiger partial charge in [-0.1, -0.05) is 73.3 Å². The molecule has 0 heterocycles. The molecule has 0 unspecified atom stereocenters. The van der Waals surface area contributed by atoms with E-state index in [0.29, 0.717) is 0 Å². The Bertz CT molecular complexity index is 1230. The fourth-order valence-corrected chi connectivity index (χ4v) is 3.87. The summed E-state index contributed by atoms with van der Waals surface area (Å²) in [5, 5.41) is 0. The molecule has 0 saturated carbocycles. The van der Waals surface area contributed by atoms with Crippen LogP contribution in [-0.4, -0.2) is 16.0 Å². The molecule has 1 aliphatic carbocycles. The Morgan fingerprint density at radius 1 is 0.636 bits per heavy atom. The van der Waals surface area contributed by atoms with Gasteiger partial charge in [-0.3, -0.25) is 0 Å². The van der Waals surface area contributed by atoms with Crippen LogP contribution < -0.4 is 4.58 Å². The molecule has 0 atom stereocenters. The number of hydrogen-bond acceptors (Lipinski definition) is 0. The average molecular weight is 429 g/mol. The second-order valence-corrected chi connectivity index (χ2v) is 7.52. The number of hydrogen-bond donors (Lipinski definition) is 0. The predicted octanol–water partition coefficient (Wildman–Crippen LogP) is 7.52. The fraction of sp³-hybridized carbons (Fsp3) is 0.0323. The van der Waals surface area contributed by atoms with Crippen molar-refractivity contribution in [3.63, 3.8) is 0 Å². The van der Waals surface area contributed by atoms with E-state index in [2.05, 4.69) is 119 Å². The largest absolute Gasteiger partial charge is 0.212 e. The predicted molar refractivity (Wildman–Crippen MR) is 142 cm³/mol. The Kier molecular flexibility index (Phi) is 7.19. The van der Waals surface area contributed by atoms with Gasteiger partial charge >= 0.3 is 0 Å². The summed E-state index contributed by atoms with van der Waals surface area (Å²) >= 11 is 0. The zero-order valence-corrected chi connectivity index (χ0v) is 18.9. The lowest BCUT2D eigenvalue weighted by molar-refractivity contribution is -0.375. The first-order valence-corrected chi connectivity index (χ1v) is 11.1. The Morgan fingerprint density at radius 2 is 1.09 bits per heavy atom. The lowest BCUT2D eigenvalue weighted by Gasteiger charge is -2.09. The Balaban J connectivity index is 1.88. The third kappa shape index (κ3) is 5.13. The maximum atomic E-state index is 3.91. The van der Waals surface area contributed by atoms with Gasteiger partial charge in [0, 0.05) is 72.9 Å². The molecule has 2 nitrogen and oxygen atoms in total. The van der Waals surface area contributed by atoms with Crippen LogP contribution in [0.3, 0.4) is 0 Å². The van der Waals surface area contributed by atoms with Gasteiger partial charge < -0.3 is 0 Å². The van der Waals surface area contributed by atoms with Crippen LogP contribution in [0.25, 0.3) is 0 Å². The lowest BCUT2D eigenvalue weighted by atomic mass is 10.1. The van der Waals surface area contributed by atoms with Gasteiger partial charge in [-0.15, -0.1) is 0 Å². The van der Waals surface area contributed by atoms with Gasteiger partial charge in [0.15, 0.2) is 0 Å². The summed E-state index contributed by atoms with van der Waals surface area (Å²) in [5.74, 6) is 0. The first-order valence-electron chi connectivity index (χ1n) is 11.1. The molecule has 0 bridgehead atoms. The summed E-state index contributed by atoms with van der Waals surface area (Å²) in [6, 6.07) is 31.3. The van der Waals surface area contributed by atoms with Crippen molar-refractivity contribution in [2.24, 2.45) is 0 Å². The Labute approximate surface area is 196 Å². The van der Waals surface area contributed by atoms with E-state index in [9.17, 15) is 0 Å². The first-order chi connectivity index (χ1) is 16.3. The molecule has 160 valence electrons. The molecule has 0 radical (unpaired) electrons. The maximum Gasteiger partial charge on any atom is 0.212 e. The Hall–Kier alpha value is -4.30. The van der Waals surface area contributed by atoms with E-state index >= 15 is 0 Å². The van der Waals surface area contributed by atoms with Gasteiger partial charge in [0.2, 0.25) is 34.2 Å². The molecule has 1 aliphatic rings. The minimum Gasteiger partial charge on any atom is -0.154 e. The van der Waals surface area contributed by atoms with Crippen LogP contribution in [-0.2, 0) is 0 Å². The van der Waals surface area contributed by atoms with Crippen LogP contribution in [0.15, 0.2) is 152 Å². The molecule has 0 N–H and O–H groups in total. The summed E-state index contributed by atoms with van der Waals surface area (Å²) in [5.41, 5.74) is 6.57. The topological polar surface area (TPSA) is 6.02 Å². The van der Waals surface area contributed by atoms with Crippen LogP contribution in [0.2, 0.25) is 0 Å². The third-order valence-corrected chi connectivity index (χ3v) is 5.29. The minimum atomic E-state index is 1.05. The highest BCUT2D eigenvalue weighted by Gasteiger charge is 2.23. The zero-order chi connectivity index (χ0) is 22.9. The van der Waals surface area contributed by atoms with Crippen molar-refractivity contribution >= 4 is 28.5 Å². The van der Waals surface area contributed by atoms with Crippen LogP contribution in [0.5, 0.6) is 0 Å². The molecule has 4 rings (SSSR count). The second kappa shape index (κ2) is 10.8. The summed E-state index contributed by atoms with van der Waals surface area (Å²) in [6.07, 6.45) is 16.7. The van der Waals surface area contributed by atoms with Crippen molar-refractivity contribution in [3.8, 4) is 0 Å². The highest BCUT2D eigenvalue weighted by atomic mass is 15.0. The summed E-state index contributed by atoms with van der Waals surface area (Å²) in [6.45, 7) is 5.94. The molecule has 0 amide bonds. The standard InChI is InChI=1S/C31H28N2/c1-3-14-26(15-4-2)32(27-16-8-5-9-17-27)30-22-24-31(25-23-30)33(28-18-10-6-11-19-28)29-20-12-7-13-21-29/h3-25H,1H2,2H3/q+2/b15-4-,26-14+. The first kappa shape index (κ1) is 21.9. The van der Waals surface area contributed by atoms with Crippen LogP contribution in [0.1, 0.15) is 6.92 Å². The van der Waals surface area contributed by atoms with Gasteiger partial charge in [0.05, 0.1) is 0 Å². The number of para-hydroxylation sites is 3. The molecule has 0 aliphatic heterocycles. The minimum absolute atomic E-state index is 1.05. The van der Waals surface area contributed by atoms with E-state index in [-0.39, 0.29) is 0 Å². The van der Waals surface area contributed by atoms with Gasteiger partial charge in [-0.05, 0) is 6.92 Å². The van der Waals surface area contributed by atoms with E-state index in [0.717, 1.165) is 34.2 Å². The average Bonchev–Trinajstić information content (AvgIpc) is 2.88. The maximum absolute atomic E-state index is 3.91. The van der Waals surface area contributed by atoms with Gasteiger partial charge in [-0.25, -0.2) is 0 Å². The second-order valence-electron chi connectivity index (χ2n) is 7.52. The molecular formula is C31H28N2+2. The molecule has 0 saturated heterocycles. The highest BCUT2D eigenvalue weighted by molar-refractivity contribution is 6.18. The van der Waals surface area contributed by atoms with E-state index in [1.54, 1.807) is 0 Å². The normalized spacial score (nSPS) is 13.4. The van der Waals surface area contributed by atoms with Crippen LogP contribution in [0.4, 0.5) is 17.1 Å². The van der Waals surface area contributed by atoms with E-state index in [1.165, 1.54) is 0 Å². The smallest absolute Gasteiger partial charge is 0.154 e. The molecule has 3 aromatic carbocycles. The Morgan fingerprint density at radius 3 is 1.55 bits per heavy atom. The lowest BCUT2D eigenvalue weighted by Crippen LogP contribution is -2.19.